The molecule has 8 heteroatoms. The molecule has 4 rings (SSSR count). The van der Waals surface area contributed by atoms with Crippen LogP contribution in [0.15, 0.2) is 64.2 Å². The van der Waals surface area contributed by atoms with Crippen molar-refractivity contribution in [3.63, 3.8) is 0 Å². The molecule has 0 atom stereocenters. The van der Waals surface area contributed by atoms with E-state index in [4.69, 9.17) is 0 Å². The third kappa shape index (κ3) is 3.21. The standard InChI is InChI=1S/C20H13N3O4S/c1-27-19(26)14-9-7-12(8-10-14)11-15-18(25)23-20(28-15)21-17(24)16(22-23)13-5-3-2-4-6-13/h2-11H,1H3. The highest BCUT2D eigenvalue weighted by atomic mass is 32.1. The molecule has 0 amide bonds. The summed E-state index contributed by atoms with van der Waals surface area (Å²) in [5.74, 6) is -0.432. The molecule has 0 aliphatic carbocycles. The normalized spacial score (nSPS) is 11.7. The first-order chi connectivity index (χ1) is 13.6. The number of methoxy groups -OCH3 is 1. The molecule has 0 N–H and O–H groups in total. The highest BCUT2D eigenvalue weighted by molar-refractivity contribution is 7.15. The molecule has 28 heavy (non-hydrogen) atoms. The molecule has 7 nitrogen and oxygen atoms in total. The molecule has 0 aliphatic heterocycles. The minimum Gasteiger partial charge on any atom is -0.465 e. The van der Waals surface area contributed by atoms with Crippen molar-refractivity contribution in [2.45, 2.75) is 0 Å². The van der Waals surface area contributed by atoms with E-state index in [1.54, 1.807) is 54.6 Å². The molecule has 0 saturated carbocycles. The van der Waals surface area contributed by atoms with Gasteiger partial charge in [-0.3, -0.25) is 9.59 Å². The van der Waals surface area contributed by atoms with Gasteiger partial charge in [0.05, 0.1) is 17.2 Å². The Morgan fingerprint density at radius 2 is 1.79 bits per heavy atom. The number of carbonyl (C=O) groups excluding carboxylic acids is 1. The molecule has 0 spiro atoms. The summed E-state index contributed by atoms with van der Waals surface area (Å²) in [4.78, 5) is 40.8. The monoisotopic (exact) mass is 391 g/mol. The van der Waals surface area contributed by atoms with Gasteiger partial charge in [0, 0.05) is 5.56 Å². The smallest absolute Gasteiger partial charge is 0.337 e. The average Bonchev–Trinajstić information content (AvgIpc) is 3.02. The third-order valence-corrected chi connectivity index (χ3v) is 5.02. The van der Waals surface area contributed by atoms with Crippen LogP contribution in [0.25, 0.3) is 22.3 Å². The van der Waals surface area contributed by atoms with E-state index in [0.29, 0.717) is 15.7 Å². The predicted octanol–water partition coefficient (Wildman–Crippen LogP) is 1.51. The minimum atomic E-state index is -0.485. The van der Waals surface area contributed by atoms with Crippen molar-refractivity contribution < 1.29 is 9.53 Å². The van der Waals surface area contributed by atoms with Gasteiger partial charge in [-0.25, -0.2) is 4.79 Å². The number of hydrogen-bond donors (Lipinski definition) is 0. The molecule has 0 fully saturated rings. The van der Waals surface area contributed by atoms with Crippen LogP contribution in [0.5, 0.6) is 0 Å². The lowest BCUT2D eigenvalue weighted by Crippen LogP contribution is -2.26. The van der Waals surface area contributed by atoms with Gasteiger partial charge in [-0.1, -0.05) is 53.8 Å². The third-order valence-electron chi connectivity index (χ3n) is 4.06. The Kier molecular flexibility index (Phi) is 4.54. The van der Waals surface area contributed by atoms with Crippen LogP contribution in [0, 0.1) is 0 Å². The fourth-order valence-corrected chi connectivity index (χ4v) is 3.57. The summed E-state index contributed by atoms with van der Waals surface area (Å²) in [6.07, 6.45) is 1.66. The molecule has 138 valence electrons. The van der Waals surface area contributed by atoms with Crippen LogP contribution < -0.4 is 15.7 Å². The minimum absolute atomic E-state index is 0.127. The quantitative estimate of drug-likeness (QED) is 0.492. The van der Waals surface area contributed by atoms with Gasteiger partial charge >= 0.3 is 11.5 Å². The Bertz CT molecular complexity index is 1340. The van der Waals surface area contributed by atoms with E-state index in [-0.39, 0.29) is 16.2 Å². The van der Waals surface area contributed by atoms with Crippen molar-refractivity contribution in [1.29, 1.82) is 0 Å². The second kappa shape index (κ2) is 7.16. The molecular weight excluding hydrogens is 378 g/mol. The van der Waals surface area contributed by atoms with Gasteiger partial charge < -0.3 is 4.74 Å². The van der Waals surface area contributed by atoms with Crippen molar-refractivity contribution in [3.8, 4) is 11.3 Å². The summed E-state index contributed by atoms with van der Waals surface area (Å²) in [6.45, 7) is 0. The molecular formula is C20H13N3O4S. The van der Waals surface area contributed by atoms with Gasteiger partial charge in [0.1, 0.15) is 0 Å². The number of esters is 1. The number of benzene rings is 2. The molecule has 0 unspecified atom stereocenters. The maximum absolute atomic E-state index is 12.7. The predicted molar refractivity (Wildman–Crippen MR) is 105 cm³/mol. The Morgan fingerprint density at radius 3 is 2.46 bits per heavy atom. The summed E-state index contributed by atoms with van der Waals surface area (Å²) < 4.78 is 6.19. The highest BCUT2D eigenvalue weighted by Crippen LogP contribution is 2.12. The van der Waals surface area contributed by atoms with Crippen LogP contribution in [0.4, 0.5) is 0 Å². The molecule has 0 bridgehead atoms. The molecule has 0 saturated heterocycles. The topological polar surface area (TPSA) is 90.6 Å². The molecule has 0 aliphatic rings. The van der Waals surface area contributed by atoms with Gasteiger partial charge in [0.25, 0.3) is 5.56 Å². The molecule has 2 aromatic carbocycles. The van der Waals surface area contributed by atoms with Crippen molar-refractivity contribution in [3.05, 3.63) is 91.0 Å². The zero-order valence-corrected chi connectivity index (χ0v) is 15.5. The second-order valence-electron chi connectivity index (χ2n) is 5.86. The van der Waals surface area contributed by atoms with E-state index in [2.05, 4.69) is 14.8 Å². The molecule has 2 heterocycles. The van der Waals surface area contributed by atoms with Crippen LogP contribution in [0.1, 0.15) is 15.9 Å². The van der Waals surface area contributed by atoms with E-state index in [0.717, 1.165) is 21.4 Å². The summed E-state index contributed by atoms with van der Waals surface area (Å²) in [5.41, 5.74) is 1.02. The van der Waals surface area contributed by atoms with Crippen molar-refractivity contribution in [2.24, 2.45) is 0 Å². The van der Waals surface area contributed by atoms with Crippen molar-refractivity contribution in [2.75, 3.05) is 7.11 Å². The van der Waals surface area contributed by atoms with E-state index in [1.807, 2.05) is 6.07 Å². The number of carbonyl (C=O) groups is 1. The van der Waals surface area contributed by atoms with Crippen LogP contribution in [-0.2, 0) is 4.74 Å². The number of thiazole rings is 1. The number of ether oxygens (including phenoxy) is 1. The SMILES string of the molecule is COC(=O)c1ccc(C=c2sc3nc(=O)c(-c4ccccc4)nn3c2=O)cc1. The second-order valence-corrected chi connectivity index (χ2v) is 6.86. The van der Waals surface area contributed by atoms with Gasteiger partial charge in [0.2, 0.25) is 4.96 Å². The Morgan fingerprint density at radius 1 is 1.07 bits per heavy atom. The van der Waals surface area contributed by atoms with Crippen LogP contribution in [0.3, 0.4) is 0 Å². The van der Waals surface area contributed by atoms with Crippen molar-refractivity contribution in [1.82, 2.24) is 14.6 Å². The fourth-order valence-electron chi connectivity index (χ4n) is 2.67. The van der Waals surface area contributed by atoms with Gasteiger partial charge in [-0.15, -0.1) is 0 Å². The lowest BCUT2D eigenvalue weighted by molar-refractivity contribution is 0.0600. The number of rotatable bonds is 3. The molecule has 4 aromatic rings. The van der Waals surface area contributed by atoms with E-state index < -0.39 is 11.5 Å². The van der Waals surface area contributed by atoms with E-state index in [1.165, 1.54) is 7.11 Å². The molecule has 2 aromatic heterocycles. The highest BCUT2D eigenvalue weighted by Gasteiger charge is 2.12. The maximum atomic E-state index is 12.7. The van der Waals surface area contributed by atoms with Gasteiger partial charge in [-0.05, 0) is 23.8 Å². The Labute approximate surface area is 162 Å². The van der Waals surface area contributed by atoms with Gasteiger partial charge in [0.15, 0.2) is 5.69 Å². The lowest BCUT2D eigenvalue weighted by Gasteiger charge is -1.98. The number of fused-ring (bicyclic) bond motifs is 1. The first-order valence-electron chi connectivity index (χ1n) is 8.26. The zero-order valence-electron chi connectivity index (χ0n) is 14.7. The zero-order chi connectivity index (χ0) is 19.7. The molecule has 0 radical (unpaired) electrons. The average molecular weight is 391 g/mol. The maximum Gasteiger partial charge on any atom is 0.337 e. The van der Waals surface area contributed by atoms with E-state index >= 15 is 0 Å². The number of nitrogens with zero attached hydrogens (tertiary/aromatic N) is 3. The van der Waals surface area contributed by atoms with Crippen LogP contribution in [0.2, 0.25) is 0 Å². The first-order valence-corrected chi connectivity index (χ1v) is 9.08. The van der Waals surface area contributed by atoms with Crippen molar-refractivity contribution >= 4 is 28.3 Å². The first kappa shape index (κ1) is 17.7. The Hall–Kier alpha value is -3.65. The fraction of sp³-hybridized carbons (Fsp3) is 0.0500. The van der Waals surface area contributed by atoms with Gasteiger partial charge in [-0.2, -0.15) is 14.6 Å². The summed E-state index contributed by atoms with van der Waals surface area (Å²) in [5, 5.41) is 4.21. The van der Waals surface area contributed by atoms with Crippen LogP contribution in [-0.4, -0.2) is 27.7 Å². The largest absolute Gasteiger partial charge is 0.465 e. The van der Waals surface area contributed by atoms with Crippen LogP contribution >= 0.6 is 11.3 Å². The number of hydrogen-bond acceptors (Lipinski definition) is 7. The lowest BCUT2D eigenvalue weighted by atomic mass is 10.1. The summed E-state index contributed by atoms with van der Waals surface area (Å²) in [6, 6.07) is 15.5. The summed E-state index contributed by atoms with van der Waals surface area (Å²) in [7, 11) is 1.31. The Balaban J connectivity index is 1.82. The number of aromatic nitrogens is 3. The van der Waals surface area contributed by atoms with E-state index in [9.17, 15) is 14.4 Å². The summed E-state index contributed by atoms with van der Waals surface area (Å²) >= 11 is 1.08.